The summed E-state index contributed by atoms with van der Waals surface area (Å²) >= 11 is 0. The number of pyridine rings is 1. The highest BCUT2D eigenvalue weighted by Gasteiger charge is 2.69. The van der Waals surface area contributed by atoms with Gasteiger partial charge in [0.1, 0.15) is 5.75 Å². The number of fused-ring (bicyclic) bond motifs is 2. The Labute approximate surface area is 127 Å². The summed E-state index contributed by atoms with van der Waals surface area (Å²) < 4.78 is 32.5. The van der Waals surface area contributed by atoms with Crippen LogP contribution >= 0.6 is 0 Å². The highest BCUT2D eigenvalue weighted by atomic mass is 19.3. The van der Waals surface area contributed by atoms with Crippen LogP contribution in [0.15, 0.2) is 24.3 Å². The van der Waals surface area contributed by atoms with Crippen LogP contribution in [0.25, 0.3) is 10.9 Å². The molecule has 5 heteroatoms. The third-order valence-electron chi connectivity index (χ3n) is 4.96. The highest BCUT2D eigenvalue weighted by Crippen LogP contribution is 2.59. The Morgan fingerprint density at radius 3 is 2.82 bits per heavy atom. The van der Waals surface area contributed by atoms with Crippen molar-refractivity contribution in [3.63, 3.8) is 0 Å². The number of hydrogen-bond donors (Lipinski definition) is 0. The molecule has 116 valence electrons. The minimum Gasteiger partial charge on any atom is -0.497 e. The number of halogens is 2. The van der Waals surface area contributed by atoms with Gasteiger partial charge < -0.3 is 9.64 Å². The Morgan fingerprint density at radius 2 is 2.09 bits per heavy atom. The van der Waals surface area contributed by atoms with Gasteiger partial charge in [-0.3, -0.25) is 4.98 Å². The van der Waals surface area contributed by atoms with Crippen molar-refractivity contribution in [2.24, 2.45) is 11.8 Å². The fourth-order valence-electron chi connectivity index (χ4n) is 3.65. The predicted molar refractivity (Wildman–Crippen MR) is 81.8 cm³/mol. The van der Waals surface area contributed by atoms with Crippen LogP contribution in [0, 0.1) is 18.8 Å². The van der Waals surface area contributed by atoms with Crippen LogP contribution in [0.4, 0.5) is 14.5 Å². The summed E-state index contributed by atoms with van der Waals surface area (Å²) in [6.45, 7) is 3.05. The van der Waals surface area contributed by atoms with Crippen molar-refractivity contribution in [1.29, 1.82) is 0 Å². The molecule has 1 aliphatic heterocycles. The van der Waals surface area contributed by atoms with Gasteiger partial charge in [-0.1, -0.05) is 0 Å². The van der Waals surface area contributed by atoms with Crippen LogP contribution in [-0.2, 0) is 0 Å². The fourth-order valence-corrected chi connectivity index (χ4v) is 3.65. The Bertz CT molecular complexity index is 747. The van der Waals surface area contributed by atoms with Gasteiger partial charge in [0.25, 0.3) is 5.92 Å². The molecule has 2 fully saturated rings. The van der Waals surface area contributed by atoms with E-state index in [2.05, 4.69) is 9.88 Å². The van der Waals surface area contributed by atoms with Gasteiger partial charge in [-0.15, -0.1) is 0 Å². The Balaban J connectivity index is 1.75. The molecule has 3 nitrogen and oxygen atoms in total. The molecule has 0 spiro atoms. The maximum Gasteiger partial charge on any atom is 0.256 e. The molecule has 2 aliphatic rings. The Morgan fingerprint density at radius 1 is 1.27 bits per heavy atom. The third-order valence-corrected chi connectivity index (χ3v) is 4.96. The lowest BCUT2D eigenvalue weighted by molar-refractivity contribution is 0.0870. The smallest absolute Gasteiger partial charge is 0.256 e. The molecule has 2 heterocycles. The minimum absolute atomic E-state index is 0.405. The van der Waals surface area contributed by atoms with E-state index in [1.165, 1.54) is 0 Å². The first kappa shape index (κ1) is 13.7. The summed E-state index contributed by atoms with van der Waals surface area (Å²) in [5, 5.41) is 0.994. The van der Waals surface area contributed by atoms with Crippen molar-refractivity contribution in [1.82, 2.24) is 4.98 Å². The molecule has 0 amide bonds. The number of anilines is 1. The monoisotopic (exact) mass is 304 g/mol. The van der Waals surface area contributed by atoms with E-state index in [4.69, 9.17) is 4.74 Å². The maximum atomic E-state index is 13.6. The molecule has 1 saturated heterocycles. The number of hydrogen-bond acceptors (Lipinski definition) is 3. The van der Waals surface area contributed by atoms with Crippen LogP contribution in [0.2, 0.25) is 0 Å². The van der Waals surface area contributed by atoms with Crippen LogP contribution in [0.1, 0.15) is 12.1 Å². The standard InChI is InChI=1S/C17H18F2N2O/c1-10-7-16(12-4-3-11(22-2)8-15(12)20-10)21-6-5-13-14(9-21)17(13,18)19/h3-4,7-8,13-14H,5-6,9H2,1-2H3. The largest absolute Gasteiger partial charge is 0.497 e. The first-order valence-electron chi connectivity index (χ1n) is 7.59. The van der Waals surface area contributed by atoms with E-state index >= 15 is 0 Å². The quantitative estimate of drug-likeness (QED) is 0.847. The van der Waals surface area contributed by atoms with Gasteiger partial charge in [-0.25, -0.2) is 8.78 Å². The van der Waals surface area contributed by atoms with Gasteiger partial charge >= 0.3 is 0 Å². The highest BCUT2D eigenvalue weighted by molar-refractivity contribution is 5.93. The molecule has 2 atom stereocenters. The van der Waals surface area contributed by atoms with E-state index in [1.54, 1.807) is 7.11 Å². The number of aromatic nitrogens is 1. The van der Waals surface area contributed by atoms with E-state index in [0.717, 1.165) is 28.0 Å². The summed E-state index contributed by atoms with van der Waals surface area (Å²) in [5.41, 5.74) is 2.74. The lowest BCUT2D eigenvalue weighted by Crippen LogP contribution is -2.31. The predicted octanol–water partition coefficient (Wildman–Crippen LogP) is 3.64. The van der Waals surface area contributed by atoms with E-state index < -0.39 is 17.8 Å². The lowest BCUT2D eigenvalue weighted by Gasteiger charge is -2.29. The van der Waals surface area contributed by atoms with Gasteiger partial charge in [0.05, 0.1) is 12.6 Å². The molecule has 1 aromatic heterocycles. The zero-order valence-corrected chi connectivity index (χ0v) is 12.6. The number of aryl methyl sites for hydroxylation is 1. The second kappa shape index (κ2) is 4.54. The zero-order valence-electron chi connectivity index (χ0n) is 12.6. The molecule has 0 radical (unpaired) electrons. The van der Waals surface area contributed by atoms with Crippen molar-refractivity contribution < 1.29 is 13.5 Å². The van der Waals surface area contributed by atoms with Crippen LogP contribution in [-0.4, -0.2) is 31.1 Å². The van der Waals surface area contributed by atoms with Gasteiger partial charge in [-0.2, -0.15) is 0 Å². The van der Waals surface area contributed by atoms with Crippen molar-refractivity contribution in [3.05, 3.63) is 30.0 Å². The van der Waals surface area contributed by atoms with Crippen molar-refractivity contribution in [3.8, 4) is 5.75 Å². The molecule has 2 unspecified atom stereocenters. The molecule has 4 rings (SSSR count). The number of methoxy groups -OCH3 is 1. The third kappa shape index (κ3) is 1.95. The number of nitrogens with zero attached hydrogens (tertiary/aromatic N) is 2. The number of ether oxygens (including phenoxy) is 1. The first-order chi connectivity index (χ1) is 10.5. The SMILES string of the molecule is COc1ccc2c(N3CCC4C(C3)C4(F)F)cc(C)nc2c1. The van der Waals surface area contributed by atoms with Gasteiger partial charge in [0.15, 0.2) is 0 Å². The Kier molecular flexibility index (Phi) is 2.83. The molecule has 22 heavy (non-hydrogen) atoms. The summed E-state index contributed by atoms with van der Waals surface area (Å²) in [6.07, 6.45) is 0.566. The second-order valence-corrected chi connectivity index (χ2v) is 6.29. The molecular formula is C17H18F2N2O. The zero-order chi connectivity index (χ0) is 15.5. The van der Waals surface area contributed by atoms with Crippen LogP contribution < -0.4 is 9.64 Å². The molecule has 1 aromatic carbocycles. The summed E-state index contributed by atoms with van der Waals surface area (Å²) in [6, 6.07) is 7.74. The van der Waals surface area contributed by atoms with Gasteiger partial charge in [0.2, 0.25) is 0 Å². The summed E-state index contributed by atoms with van der Waals surface area (Å²) in [7, 11) is 1.62. The molecular weight excluding hydrogens is 286 g/mol. The minimum atomic E-state index is -2.46. The second-order valence-electron chi connectivity index (χ2n) is 6.29. The van der Waals surface area contributed by atoms with Crippen molar-refractivity contribution in [2.45, 2.75) is 19.3 Å². The van der Waals surface area contributed by atoms with Crippen LogP contribution in [0.5, 0.6) is 5.75 Å². The summed E-state index contributed by atoms with van der Waals surface area (Å²) in [5.74, 6) is -2.60. The Hall–Kier alpha value is -1.91. The van der Waals surface area contributed by atoms with E-state index in [0.29, 0.717) is 19.5 Å². The lowest BCUT2D eigenvalue weighted by atomic mass is 10.1. The topological polar surface area (TPSA) is 25.4 Å². The fraction of sp³-hybridized carbons (Fsp3) is 0.471. The molecule has 0 bridgehead atoms. The van der Waals surface area contributed by atoms with Crippen molar-refractivity contribution >= 4 is 16.6 Å². The van der Waals surface area contributed by atoms with E-state index in [9.17, 15) is 8.78 Å². The average molecular weight is 304 g/mol. The normalized spacial score (nSPS) is 25.9. The van der Waals surface area contributed by atoms with Crippen LogP contribution in [0.3, 0.4) is 0 Å². The van der Waals surface area contributed by atoms with E-state index in [-0.39, 0.29) is 0 Å². The molecule has 1 aliphatic carbocycles. The van der Waals surface area contributed by atoms with Gasteiger partial charge in [-0.05, 0) is 31.5 Å². The number of piperidine rings is 1. The maximum absolute atomic E-state index is 13.6. The number of alkyl halides is 2. The van der Waals surface area contributed by atoms with E-state index in [1.807, 2.05) is 31.2 Å². The van der Waals surface area contributed by atoms with Crippen molar-refractivity contribution in [2.75, 3.05) is 25.1 Å². The number of benzene rings is 1. The van der Waals surface area contributed by atoms with Gasteiger partial charge in [0, 0.05) is 47.8 Å². The number of rotatable bonds is 2. The molecule has 1 saturated carbocycles. The molecule has 0 N–H and O–H groups in total. The average Bonchev–Trinajstić information content (AvgIpc) is 3.07. The molecule has 2 aromatic rings. The summed E-state index contributed by atoms with van der Waals surface area (Å²) in [4.78, 5) is 6.63. The first-order valence-corrected chi connectivity index (χ1v) is 7.59.